The van der Waals surface area contributed by atoms with E-state index in [9.17, 15) is 0 Å². The maximum atomic E-state index is 6.43. The Morgan fingerprint density at radius 1 is 0.326 bits per heavy atom. The fourth-order valence-corrected chi connectivity index (χ4v) is 5.92. The average molecular weight is 633 g/mol. The number of fused-ring (bicyclic) bond motifs is 6. The van der Waals surface area contributed by atoms with Crippen LogP contribution in [0.3, 0.4) is 0 Å². The lowest BCUT2D eigenvalue weighted by molar-refractivity contribution is 0.260. The van der Waals surface area contributed by atoms with Gasteiger partial charge in [0.15, 0.2) is 34.5 Å². The molecule has 0 bridgehead atoms. The first-order valence-corrected chi connectivity index (χ1v) is 17.7. The van der Waals surface area contributed by atoms with Crippen molar-refractivity contribution in [1.29, 1.82) is 0 Å². The van der Waals surface area contributed by atoms with Crippen molar-refractivity contribution in [3.63, 3.8) is 0 Å². The quantitative estimate of drug-likeness (QED) is 0.0635. The fraction of sp³-hybridized carbons (Fsp3) is 0.550. The highest BCUT2D eigenvalue weighted by molar-refractivity contribution is 6.26. The molecule has 0 saturated carbocycles. The third-order valence-electron chi connectivity index (χ3n) is 8.58. The Hall–Kier alpha value is -3.54. The Bertz CT molecular complexity index is 1490. The van der Waals surface area contributed by atoms with E-state index in [1.807, 2.05) is 0 Å². The lowest BCUT2D eigenvalue weighted by Crippen LogP contribution is -2.03. The Labute approximate surface area is 276 Å². The third-order valence-corrected chi connectivity index (χ3v) is 8.58. The molecule has 0 heterocycles. The van der Waals surface area contributed by atoms with E-state index < -0.39 is 0 Å². The summed E-state index contributed by atoms with van der Waals surface area (Å²) in [5.74, 6) is 4.50. The van der Waals surface area contributed by atoms with Crippen molar-refractivity contribution in [2.24, 2.45) is 0 Å². The molecule has 0 unspecified atom stereocenters. The first kappa shape index (κ1) is 35.3. The molecule has 4 aromatic carbocycles. The summed E-state index contributed by atoms with van der Waals surface area (Å²) < 4.78 is 37.3. The number of hydrogen-bond acceptors (Lipinski definition) is 6. The number of methoxy groups -OCH3 is 2. The number of benzene rings is 4. The molecule has 0 aliphatic rings. The van der Waals surface area contributed by atoms with E-state index in [1.54, 1.807) is 14.2 Å². The second-order valence-corrected chi connectivity index (χ2v) is 12.2. The van der Waals surface area contributed by atoms with Crippen LogP contribution < -0.4 is 28.4 Å². The molecular formula is C40H56O6. The van der Waals surface area contributed by atoms with Gasteiger partial charge in [0.25, 0.3) is 0 Å². The Morgan fingerprint density at radius 3 is 0.761 bits per heavy atom. The molecule has 0 amide bonds. The fourth-order valence-electron chi connectivity index (χ4n) is 5.92. The minimum atomic E-state index is 0.648. The zero-order chi connectivity index (χ0) is 32.7. The molecule has 0 saturated heterocycles. The number of unbranched alkanes of at least 4 members (excludes halogenated alkanes) is 8. The molecular weight excluding hydrogens is 576 g/mol. The standard InChI is InChI=1S/C40H56O6/c1-7-11-15-19-43-37-25-31-29-23-35(41-5)38(44-20-16-12-8-2)26-32(29)34-28-40(46-22-18-14-10-4)39(45-21-17-13-9-3)27-33(34)30(31)24-36(37)42-6/h23-28H,7-22H2,1-6H3. The number of hydrogen-bond donors (Lipinski definition) is 0. The molecule has 6 nitrogen and oxygen atoms in total. The molecule has 0 aliphatic heterocycles. The summed E-state index contributed by atoms with van der Waals surface area (Å²) in [6.45, 7) is 11.4. The molecule has 4 aromatic rings. The van der Waals surface area contributed by atoms with Crippen LogP contribution in [0.15, 0.2) is 36.4 Å². The van der Waals surface area contributed by atoms with Gasteiger partial charge in [0.2, 0.25) is 0 Å². The summed E-state index contributed by atoms with van der Waals surface area (Å²) in [7, 11) is 3.41. The van der Waals surface area contributed by atoms with Crippen LogP contribution in [0.1, 0.15) is 105 Å². The van der Waals surface area contributed by atoms with Crippen LogP contribution in [0.25, 0.3) is 32.3 Å². The van der Waals surface area contributed by atoms with Gasteiger partial charge in [-0.2, -0.15) is 0 Å². The topological polar surface area (TPSA) is 55.4 Å². The van der Waals surface area contributed by atoms with E-state index in [0.29, 0.717) is 26.4 Å². The van der Waals surface area contributed by atoms with E-state index in [-0.39, 0.29) is 0 Å². The van der Waals surface area contributed by atoms with Crippen LogP contribution in [0.4, 0.5) is 0 Å². The molecule has 0 spiro atoms. The summed E-state index contributed by atoms with van der Waals surface area (Å²) in [4.78, 5) is 0. The molecule has 0 atom stereocenters. The minimum absolute atomic E-state index is 0.648. The summed E-state index contributed by atoms with van der Waals surface area (Å²) in [5.41, 5.74) is 0. The highest BCUT2D eigenvalue weighted by atomic mass is 16.5. The Kier molecular flexibility index (Phi) is 14.3. The first-order chi connectivity index (χ1) is 22.6. The van der Waals surface area contributed by atoms with Crippen molar-refractivity contribution in [3.05, 3.63) is 36.4 Å². The lowest BCUT2D eigenvalue weighted by atomic mass is 9.93. The molecule has 0 fully saturated rings. The first-order valence-electron chi connectivity index (χ1n) is 17.7. The molecule has 0 aromatic heterocycles. The summed E-state index contributed by atoms with van der Waals surface area (Å²) in [6, 6.07) is 12.8. The Balaban J connectivity index is 1.96. The predicted octanol–water partition coefficient (Wildman–Crippen LogP) is 11.4. The van der Waals surface area contributed by atoms with Gasteiger partial charge < -0.3 is 28.4 Å². The van der Waals surface area contributed by atoms with Crippen LogP contribution in [0.5, 0.6) is 34.5 Å². The van der Waals surface area contributed by atoms with Gasteiger partial charge in [-0.05, 0) is 94.4 Å². The molecule has 0 radical (unpaired) electrons. The van der Waals surface area contributed by atoms with E-state index >= 15 is 0 Å². The predicted molar refractivity (Wildman–Crippen MR) is 192 cm³/mol. The molecule has 4 rings (SSSR count). The highest BCUT2D eigenvalue weighted by Crippen LogP contribution is 2.47. The Morgan fingerprint density at radius 2 is 0.543 bits per heavy atom. The van der Waals surface area contributed by atoms with E-state index in [0.717, 1.165) is 144 Å². The molecule has 6 heteroatoms. The second-order valence-electron chi connectivity index (χ2n) is 12.2. The smallest absolute Gasteiger partial charge is 0.161 e. The van der Waals surface area contributed by atoms with Gasteiger partial charge >= 0.3 is 0 Å². The summed E-state index contributed by atoms with van der Waals surface area (Å²) in [6.07, 6.45) is 13.1. The van der Waals surface area contributed by atoms with Crippen LogP contribution in [0.2, 0.25) is 0 Å². The minimum Gasteiger partial charge on any atom is -0.493 e. The van der Waals surface area contributed by atoms with Crippen LogP contribution >= 0.6 is 0 Å². The van der Waals surface area contributed by atoms with Crippen molar-refractivity contribution in [3.8, 4) is 34.5 Å². The lowest BCUT2D eigenvalue weighted by Gasteiger charge is -2.20. The largest absolute Gasteiger partial charge is 0.493 e. The molecule has 0 N–H and O–H groups in total. The summed E-state index contributed by atoms with van der Waals surface area (Å²) >= 11 is 0. The van der Waals surface area contributed by atoms with Crippen LogP contribution in [0, 0.1) is 0 Å². The van der Waals surface area contributed by atoms with Gasteiger partial charge in [-0.1, -0.05) is 79.1 Å². The maximum absolute atomic E-state index is 6.43. The van der Waals surface area contributed by atoms with Gasteiger partial charge in [-0.3, -0.25) is 0 Å². The van der Waals surface area contributed by atoms with Crippen molar-refractivity contribution in [2.75, 3.05) is 40.6 Å². The highest BCUT2D eigenvalue weighted by Gasteiger charge is 2.20. The molecule has 252 valence electrons. The normalized spacial score (nSPS) is 11.3. The third kappa shape index (κ3) is 8.83. The van der Waals surface area contributed by atoms with Crippen LogP contribution in [-0.4, -0.2) is 40.6 Å². The van der Waals surface area contributed by atoms with Gasteiger partial charge in [0, 0.05) is 0 Å². The van der Waals surface area contributed by atoms with Gasteiger partial charge in [0.1, 0.15) is 0 Å². The molecule has 0 aliphatic carbocycles. The van der Waals surface area contributed by atoms with Gasteiger partial charge in [0.05, 0.1) is 40.6 Å². The number of ether oxygens (including phenoxy) is 6. The zero-order valence-corrected chi connectivity index (χ0v) is 29.2. The number of rotatable bonds is 22. The van der Waals surface area contributed by atoms with Crippen LogP contribution in [-0.2, 0) is 0 Å². The zero-order valence-electron chi connectivity index (χ0n) is 29.2. The van der Waals surface area contributed by atoms with Crippen molar-refractivity contribution < 1.29 is 28.4 Å². The SMILES string of the molecule is CCCCCOc1cc2c(cc1OC)c1cc(OCCCCC)c(OC)cc1c1cc(OCCCCC)c(OCCCCC)cc21. The van der Waals surface area contributed by atoms with Crippen molar-refractivity contribution >= 4 is 32.3 Å². The van der Waals surface area contributed by atoms with Crippen molar-refractivity contribution in [1.82, 2.24) is 0 Å². The maximum Gasteiger partial charge on any atom is 0.161 e. The van der Waals surface area contributed by atoms with E-state index in [4.69, 9.17) is 28.4 Å². The molecule has 46 heavy (non-hydrogen) atoms. The van der Waals surface area contributed by atoms with Gasteiger partial charge in [-0.15, -0.1) is 0 Å². The summed E-state index contributed by atoms with van der Waals surface area (Å²) in [5, 5.41) is 6.43. The van der Waals surface area contributed by atoms with E-state index in [2.05, 4.69) is 64.1 Å². The van der Waals surface area contributed by atoms with Crippen molar-refractivity contribution in [2.45, 2.75) is 105 Å². The van der Waals surface area contributed by atoms with Gasteiger partial charge in [-0.25, -0.2) is 0 Å². The average Bonchev–Trinajstić information content (AvgIpc) is 3.08. The van der Waals surface area contributed by atoms with E-state index in [1.165, 1.54) is 0 Å². The second kappa shape index (κ2) is 18.6. The monoisotopic (exact) mass is 632 g/mol.